The molecule has 1 atom stereocenters. The second kappa shape index (κ2) is 10.8. The lowest BCUT2D eigenvalue weighted by molar-refractivity contribution is -0.153. The number of esters is 1. The van der Waals surface area contributed by atoms with Crippen LogP contribution in [0.1, 0.15) is 22.8 Å². The molecule has 0 bridgehead atoms. The molecular formula is C24H19Cl2NO5. The number of anilines is 1. The van der Waals surface area contributed by atoms with Crippen LogP contribution in [-0.2, 0) is 14.3 Å². The van der Waals surface area contributed by atoms with E-state index in [9.17, 15) is 14.4 Å². The van der Waals surface area contributed by atoms with E-state index in [-0.39, 0.29) is 17.0 Å². The van der Waals surface area contributed by atoms with Crippen LogP contribution in [0.15, 0.2) is 72.8 Å². The third-order valence-electron chi connectivity index (χ3n) is 4.34. The summed E-state index contributed by atoms with van der Waals surface area (Å²) < 4.78 is 10.5. The van der Waals surface area contributed by atoms with Gasteiger partial charge in [-0.05, 0) is 49.4 Å². The number of hydrogen-bond donors (Lipinski definition) is 1. The molecule has 0 saturated carbocycles. The fraction of sp³-hybridized carbons (Fsp3) is 0.125. The zero-order valence-corrected chi connectivity index (χ0v) is 18.5. The minimum Gasteiger partial charge on any atom is -0.479 e. The fourth-order valence-electron chi connectivity index (χ4n) is 2.76. The zero-order chi connectivity index (χ0) is 23.1. The molecule has 0 heterocycles. The summed E-state index contributed by atoms with van der Waals surface area (Å²) in [6.45, 7) is 0.958. The highest BCUT2D eigenvalue weighted by molar-refractivity contribution is 6.31. The van der Waals surface area contributed by atoms with Gasteiger partial charge in [-0.1, -0.05) is 53.5 Å². The number of halogens is 2. The van der Waals surface area contributed by atoms with Crippen molar-refractivity contribution >= 4 is 46.5 Å². The van der Waals surface area contributed by atoms with E-state index in [1.54, 1.807) is 60.7 Å². The molecular weight excluding hydrogens is 453 g/mol. The van der Waals surface area contributed by atoms with E-state index in [1.807, 2.05) is 0 Å². The summed E-state index contributed by atoms with van der Waals surface area (Å²) in [4.78, 5) is 37.3. The van der Waals surface area contributed by atoms with Crippen LogP contribution < -0.4 is 10.1 Å². The van der Waals surface area contributed by atoms with Crippen molar-refractivity contribution in [2.24, 2.45) is 0 Å². The summed E-state index contributed by atoms with van der Waals surface area (Å²) in [5, 5.41) is 3.47. The number of nitrogens with one attached hydrogen (secondary N) is 1. The van der Waals surface area contributed by atoms with Crippen molar-refractivity contribution in [1.82, 2.24) is 0 Å². The summed E-state index contributed by atoms with van der Waals surface area (Å²) in [5.74, 6) is -1.19. The van der Waals surface area contributed by atoms with Gasteiger partial charge in [-0.15, -0.1) is 0 Å². The topological polar surface area (TPSA) is 81.7 Å². The van der Waals surface area contributed by atoms with Crippen LogP contribution >= 0.6 is 23.2 Å². The molecule has 164 valence electrons. The minimum absolute atomic E-state index is 0.225. The Kier molecular flexibility index (Phi) is 7.87. The summed E-state index contributed by atoms with van der Waals surface area (Å²) in [7, 11) is 0. The summed E-state index contributed by atoms with van der Waals surface area (Å²) in [5.41, 5.74) is 0.933. The molecule has 0 aromatic heterocycles. The highest BCUT2D eigenvalue weighted by Gasteiger charge is 2.20. The van der Waals surface area contributed by atoms with Crippen molar-refractivity contribution in [3.8, 4) is 5.75 Å². The number of hydrogen-bond acceptors (Lipinski definition) is 5. The van der Waals surface area contributed by atoms with Crippen LogP contribution in [0.2, 0.25) is 10.0 Å². The third kappa shape index (κ3) is 6.33. The number of ketones is 1. The van der Waals surface area contributed by atoms with Crippen LogP contribution in [0.4, 0.5) is 5.69 Å². The smallest absolute Gasteiger partial charge is 0.347 e. The van der Waals surface area contributed by atoms with Gasteiger partial charge >= 0.3 is 5.97 Å². The largest absolute Gasteiger partial charge is 0.479 e. The van der Waals surface area contributed by atoms with Crippen LogP contribution in [0.3, 0.4) is 0 Å². The van der Waals surface area contributed by atoms with Crippen molar-refractivity contribution in [3.63, 3.8) is 0 Å². The van der Waals surface area contributed by atoms with Crippen molar-refractivity contribution in [2.75, 3.05) is 11.9 Å². The number of benzene rings is 3. The van der Waals surface area contributed by atoms with Gasteiger partial charge in [-0.25, -0.2) is 4.79 Å². The Morgan fingerprint density at radius 2 is 1.56 bits per heavy atom. The van der Waals surface area contributed by atoms with Gasteiger partial charge in [0.2, 0.25) is 0 Å². The fourth-order valence-corrected chi connectivity index (χ4v) is 3.06. The van der Waals surface area contributed by atoms with Gasteiger partial charge in [0, 0.05) is 21.2 Å². The second-order valence-electron chi connectivity index (χ2n) is 6.75. The summed E-state index contributed by atoms with van der Waals surface area (Å²) in [6, 6.07) is 19.6. The van der Waals surface area contributed by atoms with Gasteiger partial charge in [-0.3, -0.25) is 9.59 Å². The maximum absolute atomic E-state index is 12.8. The average molecular weight is 472 g/mol. The highest BCUT2D eigenvalue weighted by atomic mass is 35.5. The maximum atomic E-state index is 12.8. The molecule has 6 nitrogen and oxygen atoms in total. The molecule has 0 saturated heterocycles. The SMILES string of the molecule is CC(Oc1ccc(Cl)cc1)C(=O)OCC(=O)Nc1ccc(Cl)cc1C(=O)c1ccccc1. The van der Waals surface area contributed by atoms with E-state index in [1.165, 1.54) is 19.1 Å². The molecule has 0 aliphatic heterocycles. The van der Waals surface area contributed by atoms with Gasteiger partial charge in [0.05, 0.1) is 5.69 Å². The lowest BCUT2D eigenvalue weighted by Crippen LogP contribution is -2.30. The predicted octanol–water partition coefficient (Wildman–Crippen LogP) is 5.17. The van der Waals surface area contributed by atoms with Crippen molar-refractivity contribution < 1.29 is 23.9 Å². The van der Waals surface area contributed by atoms with Gasteiger partial charge in [0.15, 0.2) is 18.5 Å². The Bertz CT molecular complexity index is 1120. The summed E-state index contributed by atoms with van der Waals surface area (Å²) >= 11 is 11.9. The molecule has 8 heteroatoms. The lowest BCUT2D eigenvalue weighted by atomic mass is 10.0. The van der Waals surface area contributed by atoms with Gasteiger partial charge in [-0.2, -0.15) is 0 Å². The van der Waals surface area contributed by atoms with E-state index in [2.05, 4.69) is 5.32 Å². The predicted molar refractivity (Wildman–Crippen MR) is 122 cm³/mol. The van der Waals surface area contributed by atoms with E-state index in [0.717, 1.165) is 0 Å². The van der Waals surface area contributed by atoms with Crippen molar-refractivity contribution in [1.29, 1.82) is 0 Å². The Balaban J connectivity index is 1.60. The highest BCUT2D eigenvalue weighted by Crippen LogP contribution is 2.24. The summed E-state index contributed by atoms with van der Waals surface area (Å²) in [6.07, 6.45) is -0.935. The van der Waals surface area contributed by atoms with Crippen LogP contribution in [-0.4, -0.2) is 30.4 Å². The number of amides is 1. The van der Waals surface area contributed by atoms with Crippen LogP contribution in [0, 0.1) is 0 Å². The van der Waals surface area contributed by atoms with Crippen LogP contribution in [0.5, 0.6) is 5.75 Å². The van der Waals surface area contributed by atoms with Crippen molar-refractivity contribution in [2.45, 2.75) is 13.0 Å². The Morgan fingerprint density at radius 3 is 2.25 bits per heavy atom. The average Bonchev–Trinajstić information content (AvgIpc) is 2.80. The zero-order valence-electron chi connectivity index (χ0n) is 17.0. The first-order chi connectivity index (χ1) is 15.3. The minimum atomic E-state index is -0.935. The Labute approximate surface area is 195 Å². The Morgan fingerprint density at radius 1 is 0.906 bits per heavy atom. The molecule has 0 aliphatic carbocycles. The molecule has 3 rings (SSSR count). The van der Waals surface area contributed by atoms with Crippen LogP contribution in [0.25, 0.3) is 0 Å². The van der Waals surface area contributed by atoms with Gasteiger partial charge in [0.25, 0.3) is 5.91 Å². The molecule has 3 aromatic carbocycles. The monoisotopic (exact) mass is 471 g/mol. The molecule has 1 amide bonds. The molecule has 0 spiro atoms. The Hall–Kier alpha value is -3.35. The number of rotatable bonds is 8. The molecule has 1 unspecified atom stereocenters. The second-order valence-corrected chi connectivity index (χ2v) is 7.63. The van der Waals surface area contributed by atoms with E-state index in [4.69, 9.17) is 32.7 Å². The third-order valence-corrected chi connectivity index (χ3v) is 4.83. The number of carbonyl (C=O) groups excluding carboxylic acids is 3. The van der Waals surface area contributed by atoms with Gasteiger partial charge < -0.3 is 14.8 Å². The molecule has 1 N–H and O–H groups in total. The molecule has 0 fully saturated rings. The van der Waals surface area contributed by atoms with E-state index in [0.29, 0.717) is 21.4 Å². The van der Waals surface area contributed by atoms with Crippen molar-refractivity contribution in [3.05, 3.63) is 94.0 Å². The van der Waals surface area contributed by atoms with Gasteiger partial charge in [0.1, 0.15) is 5.75 Å². The molecule has 0 radical (unpaired) electrons. The normalized spacial score (nSPS) is 11.3. The van der Waals surface area contributed by atoms with E-state index < -0.39 is 24.6 Å². The first-order valence-electron chi connectivity index (χ1n) is 9.61. The quantitative estimate of drug-likeness (QED) is 0.361. The molecule has 32 heavy (non-hydrogen) atoms. The number of carbonyl (C=O) groups is 3. The maximum Gasteiger partial charge on any atom is 0.347 e. The molecule has 0 aliphatic rings. The first kappa shape index (κ1) is 23.3. The standard InChI is InChI=1S/C24H19Cl2NO5/c1-15(32-19-10-7-17(25)8-11-19)24(30)31-14-22(28)27-21-12-9-18(26)13-20(21)23(29)16-5-3-2-4-6-16/h2-13,15H,14H2,1H3,(H,27,28). The first-order valence-corrected chi connectivity index (χ1v) is 10.4. The molecule has 3 aromatic rings. The lowest BCUT2D eigenvalue weighted by Gasteiger charge is -2.15. The number of ether oxygens (including phenoxy) is 2. The van der Waals surface area contributed by atoms with E-state index >= 15 is 0 Å².